The second-order valence-corrected chi connectivity index (χ2v) is 5.42. The van der Waals surface area contributed by atoms with Crippen LogP contribution in [0, 0.1) is 23.8 Å². The van der Waals surface area contributed by atoms with E-state index < -0.39 is 27.1 Å². The molecular weight excluding hydrogens is 405 g/mol. The van der Waals surface area contributed by atoms with Gasteiger partial charge in [0.05, 0.1) is 15.9 Å². The summed E-state index contributed by atoms with van der Waals surface area (Å²) in [5.41, 5.74) is -0.832. The number of hydrogen-bond acceptors (Lipinski definition) is 5. The van der Waals surface area contributed by atoms with Crippen molar-refractivity contribution in [3.8, 4) is 0 Å². The fraction of sp³-hybridized carbons (Fsp3) is 0. The molecule has 0 saturated heterocycles. The maximum atomic E-state index is 12.1. The van der Waals surface area contributed by atoms with E-state index in [-0.39, 0.29) is 5.56 Å². The fourth-order valence-corrected chi connectivity index (χ4v) is 2.07. The summed E-state index contributed by atoms with van der Waals surface area (Å²) in [6.45, 7) is 0. The maximum Gasteiger partial charge on any atom is 0.289 e. The number of nitrogens with one attached hydrogen (secondary N) is 1. The van der Waals surface area contributed by atoms with E-state index >= 15 is 0 Å². The number of rotatable bonds is 4. The first-order valence-corrected chi connectivity index (χ1v) is 6.96. The van der Waals surface area contributed by atoms with E-state index in [1.165, 1.54) is 0 Å². The standard InChI is InChI=1S/C13H8IN3O5/c14-8-1-3-9(4-2-8)15-13(18)11-6-5-10(16(19)20)7-12(11)17(21)22/h1-7H,(H,15,18). The number of nitrogens with zero attached hydrogens (tertiary/aromatic N) is 2. The summed E-state index contributed by atoms with van der Waals surface area (Å²) in [4.78, 5) is 32.2. The maximum absolute atomic E-state index is 12.1. The van der Waals surface area contributed by atoms with Gasteiger partial charge in [0.2, 0.25) is 0 Å². The van der Waals surface area contributed by atoms with Gasteiger partial charge in [-0.1, -0.05) is 0 Å². The predicted octanol–water partition coefficient (Wildman–Crippen LogP) is 3.36. The van der Waals surface area contributed by atoms with E-state index in [0.717, 1.165) is 21.8 Å². The van der Waals surface area contributed by atoms with Crippen LogP contribution < -0.4 is 5.32 Å². The molecule has 1 amide bonds. The van der Waals surface area contributed by atoms with Gasteiger partial charge in [-0.25, -0.2) is 0 Å². The van der Waals surface area contributed by atoms with Crippen molar-refractivity contribution in [1.29, 1.82) is 0 Å². The molecule has 0 aliphatic rings. The quantitative estimate of drug-likeness (QED) is 0.469. The average molecular weight is 413 g/mol. The number of halogens is 1. The van der Waals surface area contributed by atoms with Gasteiger partial charge in [0.15, 0.2) is 0 Å². The van der Waals surface area contributed by atoms with Crippen LogP contribution in [0.1, 0.15) is 10.4 Å². The van der Waals surface area contributed by atoms with Crippen LogP contribution >= 0.6 is 22.6 Å². The average Bonchev–Trinajstić information content (AvgIpc) is 2.48. The zero-order chi connectivity index (χ0) is 16.3. The summed E-state index contributed by atoms with van der Waals surface area (Å²) < 4.78 is 0.969. The van der Waals surface area contributed by atoms with Crippen molar-refractivity contribution >= 4 is 45.6 Å². The Bertz CT molecular complexity index is 761. The van der Waals surface area contributed by atoms with Gasteiger partial charge >= 0.3 is 0 Å². The molecule has 112 valence electrons. The van der Waals surface area contributed by atoms with Crippen LogP contribution in [-0.2, 0) is 0 Å². The first-order valence-electron chi connectivity index (χ1n) is 5.88. The molecule has 0 fully saturated rings. The van der Waals surface area contributed by atoms with Crippen LogP contribution in [0.2, 0.25) is 0 Å². The molecule has 0 heterocycles. The third-order valence-electron chi connectivity index (χ3n) is 2.74. The summed E-state index contributed by atoms with van der Waals surface area (Å²) in [7, 11) is 0. The van der Waals surface area contributed by atoms with Crippen LogP contribution in [0.4, 0.5) is 17.1 Å². The largest absolute Gasteiger partial charge is 0.322 e. The lowest BCUT2D eigenvalue weighted by Crippen LogP contribution is -2.14. The van der Waals surface area contributed by atoms with Crippen molar-refractivity contribution in [1.82, 2.24) is 0 Å². The number of benzene rings is 2. The molecule has 22 heavy (non-hydrogen) atoms. The normalized spacial score (nSPS) is 10.0. The number of carbonyl (C=O) groups is 1. The summed E-state index contributed by atoms with van der Waals surface area (Å²) in [6, 6.07) is 9.71. The van der Waals surface area contributed by atoms with Gasteiger partial charge in [0.1, 0.15) is 5.56 Å². The molecule has 0 spiro atoms. The summed E-state index contributed by atoms with van der Waals surface area (Å²) in [5.74, 6) is -0.706. The van der Waals surface area contributed by atoms with E-state index in [2.05, 4.69) is 27.9 Å². The van der Waals surface area contributed by atoms with Crippen LogP contribution in [0.15, 0.2) is 42.5 Å². The molecule has 0 radical (unpaired) electrons. The van der Waals surface area contributed by atoms with Gasteiger partial charge < -0.3 is 5.32 Å². The number of carbonyl (C=O) groups excluding carboxylic acids is 1. The van der Waals surface area contributed by atoms with Crippen molar-refractivity contribution in [3.63, 3.8) is 0 Å². The molecule has 2 rings (SSSR count). The van der Waals surface area contributed by atoms with E-state index in [1.54, 1.807) is 24.3 Å². The molecule has 0 atom stereocenters. The van der Waals surface area contributed by atoms with Crippen LogP contribution in [0.5, 0.6) is 0 Å². The highest BCUT2D eigenvalue weighted by atomic mass is 127. The highest BCUT2D eigenvalue weighted by molar-refractivity contribution is 14.1. The zero-order valence-electron chi connectivity index (χ0n) is 10.9. The fourth-order valence-electron chi connectivity index (χ4n) is 1.71. The lowest BCUT2D eigenvalue weighted by molar-refractivity contribution is -0.394. The van der Waals surface area contributed by atoms with Gasteiger partial charge in [-0.05, 0) is 52.9 Å². The summed E-state index contributed by atoms with van der Waals surface area (Å²) in [6.07, 6.45) is 0. The third-order valence-corrected chi connectivity index (χ3v) is 3.45. The SMILES string of the molecule is O=C(Nc1ccc(I)cc1)c1ccc([N+](=O)[O-])cc1[N+](=O)[O-]. The lowest BCUT2D eigenvalue weighted by atomic mass is 10.1. The van der Waals surface area contributed by atoms with E-state index in [0.29, 0.717) is 5.69 Å². The molecule has 0 saturated carbocycles. The highest BCUT2D eigenvalue weighted by Crippen LogP contribution is 2.25. The monoisotopic (exact) mass is 413 g/mol. The smallest absolute Gasteiger partial charge is 0.289 e. The Morgan fingerprint density at radius 2 is 1.64 bits per heavy atom. The Morgan fingerprint density at radius 3 is 2.18 bits per heavy atom. The van der Waals surface area contributed by atoms with Crippen molar-refractivity contribution in [2.75, 3.05) is 5.32 Å². The number of non-ortho nitro benzene ring substituents is 1. The molecule has 0 aliphatic heterocycles. The number of nitro groups is 2. The molecule has 2 aromatic carbocycles. The molecule has 0 aromatic heterocycles. The first kappa shape index (κ1) is 15.8. The van der Waals surface area contributed by atoms with Gasteiger partial charge in [-0.15, -0.1) is 0 Å². The van der Waals surface area contributed by atoms with Crippen LogP contribution in [-0.4, -0.2) is 15.8 Å². The number of anilines is 1. The topological polar surface area (TPSA) is 115 Å². The molecular formula is C13H8IN3O5. The second kappa shape index (κ2) is 6.47. The molecule has 8 nitrogen and oxygen atoms in total. The number of nitro benzene ring substituents is 2. The minimum Gasteiger partial charge on any atom is -0.322 e. The summed E-state index contributed by atoms with van der Waals surface area (Å²) >= 11 is 2.10. The van der Waals surface area contributed by atoms with Gasteiger partial charge in [-0.3, -0.25) is 25.0 Å². The van der Waals surface area contributed by atoms with Crippen molar-refractivity contribution in [3.05, 3.63) is 71.8 Å². The van der Waals surface area contributed by atoms with E-state index in [9.17, 15) is 25.0 Å². The van der Waals surface area contributed by atoms with Crippen LogP contribution in [0.3, 0.4) is 0 Å². The number of amides is 1. The minimum absolute atomic E-state index is 0.242. The second-order valence-electron chi connectivity index (χ2n) is 4.18. The van der Waals surface area contributed by atoms with E-state index in [1.807, 2.05) is 0 Å². The number of hydrogen-bond donors (Lipinski definition) is 1. The first-order chi connectivity index (χ1) is 10.4. The Hall–Kier alpha value is -2.56. The molecule has 0 bridgehead atoms. The Morgan fingerprint density at radius 1 is 1.00 bits per heavy atom. The van der Waals surface area contributed by atoms with Crippen molar-refractivity contribution in [2.45, 2.75) is 0 Å². The molecule has 9 heteroatoms. The van der Waals surface area contributed by atoms with Gasteiger partial charge in [-0.2, -0.15) is 0 Å². The zero-order valence-corrected chi connectivity index (χ0v) is 13.0. The molecule has 2 aromatic rings. The van der Waals surface area contributed by atoms with Gasteiger partial charge in [0.25, 0.3) is 17.3 Å². The summed E-state index contributed by atoms with van der Waals surface area (Å²) in [5, 5.41) is 24.2. The molecule has 1 N–H and O–H groups in total. The molecule has 0 aliphatic carbocycles. The van der Waals surface area contributed by atoms with Gasteiger partial charge in [0, 0.05) is 15.3 Å². The minimum atomic E-state index is -0.824. The third kappa shape index (κ3) is 3.55. The Balaban J connectivity index is 2.34. The highest BCUT2D eigenvalue weighted by Gasteiger charge is 2.24. The Kier molecular flexibility index (Phi) is 4.65. The van der Waals surface area contributed by atoms with Crippen molar-refractivity contribution in [2.24, 2.45) is 0 Å². The lowest BCUT2D eigenvalue weighted by Gasteiger charge is -2.06. The predicted molar refractivity (Wildman–Crippen MR) is 86.9 cm³/mol. The Labute approximate surface area is 137 Å². The van der Waals surface area contributed by atoms with Crippen LogP contribution in [0.25, 0.3) is 0 Å². The van der Waals surface area contributed by atoms with E-state index in [4.69, 9.17) is 0 Å². The molecule has 0 unspecified atom stereocenters. The van der Waals surface area contributed by atoms with Crippen molar-refractivity contribution < 1.29 is 14.6 Å².